The van der Waals surface area contributed by atoms with E-state index in [0.29, 0.717) is 12.3 Å². The third kappa shape index (κ3) is 7.47. The SMILES string of the molecule is C#C[C@]1(OC(=O)c2ccc([N+](=O)[O-])cc2)CC[C@H](C(C)(C)C)C[C@@H]1CCCC#C[Si](C)(C)C. The normalized spacial score (nSPS) is 23.1. The van der Waals surface area contributed by atoms with Crippen molar-refractivity contribution in [1.29, 1.82) is 0 Å². The van der Waals surface area contributed by atoms with E-state index in [2.05, 4.69) is 57.8 Å². The van der Waals surface area contributed by atoms with Gasteiger partial charge in [-0.15, -0.1) is 17.9 Å². The largest absolute Gasteiger partial charge is 0.442 e. The van der Waals surface area contributed by atoms with E-state index in [1.807, 2.05) is 0 Å². The molecule has 2 rings (SSSR count). The van der Waals surface area contributed by atoms with Crippen molar-refractivity contribution in [1.82, 2.24) is 0 Å². The van der Waals surface area contributed by atoms with Gasteiger partial charge in [-0.05, 0) is 55.6 Å². The van der Waals surface area contributed by atoms with Crippen molar-refractivity contribution in [3.05, 3.63) is 39.9 Å². The van der Waals surface area contributed by atoms with E-state index in [4.69, 9.17) is 11.2 Å². The first kappa shape index (κ1) is 26.7. The van der Waals surface area contributed by atoms with Crippen LogP contribution in [0, 0.1) is 51.2 Å². The highest BCUT2D eigenvalue weighted by atomic mass is 28.3. The summed E-state index contributed by atoms with van der Waals surface area (Å²) in [6, 6.07) is 5.47. The Balaban J connectivity index is 2.21. The lowest BCUT2D eigenvalue weighted by Crippen LogP contribution is -2.47. The molecular weight excluding hydrogens is 430 g/mol. The minimum Gasteiger partial charge on any atom is -0.442 e. The van der Waals surface area contributed by atoms with Crippen LogP contribution >= 0.6 is 0 Å². The number of ether oxygens (including phenoxy) is 1. The minimum atomic E-state index is -1.39. The lowest BCUT2D eigenvalue weighted by Gasteiger charge is -2.46. The summed E-state index contributed by atoms with van der Waals surface area (Å²) >= 11 is 0. The Hall–Kier alpha value is -2.57. The summed E-state index contributed by atoms with van der Waals surface area (Å²) in [5, 5.41) is 10.9. The van der Waals surface area contributed by atoms with Gasteiger partial charge >= 0.3 is 5.97 Å². The molecule has 5 nitrogen and oxygen atoms in total. The molecule has 0 saturated heterocycles. The van der Waals surface area contributed by atoms with Crippen LogP contribution in [-0.4, -0.2) is 24.6 Å². The molecule has 1 aromatic rings. The van der Waals surface area contributed by atoms with Gasteiger partial charge in [0.1, 0.15) is 8.07 Å². The molecule has 0 spiro atoms. The van der Waals surface area contributed by atoms with Crippen molar-refractivity contribution >= 4 is 19.7 Å². The number of hydrogen-bond acceptors (Lipinski definition) is 4. The number of carbonyl (C=O) groups excluding carboxylic acids is 1. The number of esters is 1. The van der Waals surface area contributed by atoms with Crippen LogP contribution in [0.2, 0.25) is 19.6 Å². The zero-order valence-electron chi connectivity index (χ0n) is 20.9. The Morgan fingerprint density at radius 3 is 2.42 bits per heavy atom. The van der Waals surface area contributed by atoms with Crippen LogP contribution in [0.15, 0.2) is 24.3 Å². The summed E-state index contributed by atoms with van der Waals surface area (Å²) in [6.45, 7) is 13.4. The van der Waals surface area contributed by atoms with E-state index in [1.165, 1.54) is 24.3 Å². The number of nitrogens with zero attached hydrogens (tertiary/aromatic N) is 1. The molecule has 0 aliphatic heterocycles. The Labute approximate surface area is 199 Å². The molecule has 0 radical (unpaired) electrons. The van der Waals surface area contributed by atoms with Gasteiger partial charge in [-0.1, -0.05) is 46.3 Å². The first-order valence-corrected chi connectivity index (χ1v) is 15.2. The van der Waals surface area contributed by atoms with Gasteiger partial charge in [0.05, 0.1) is 10.5 Å². The number of nitro groups is 1. The predicted molar refractivity (Wildman–Crippen MR) is 135 cm³/mol. The second-order valence-electron chi connectivity index (χ2n) is 11.2. The van der Waals surface area contributed by atoms with Crippen LogP contribution in [0.5, 0.6) is 0 Å². The van der Waals surface area contributed by atoms with E-state index in [9.17, 15) is 14.9 Å². The van der Waals surface area contributed by atoms with Crippen LogP contribution in [0.25, 0.3) is 0 Å². The van der Waals surface area contributed by atoms with Crippen LogP contribution in [0.3, 0.4) is 0 Å². The van der Waals surface area contributed by atoms with E-state index in [1.54, 1.807) is 0 Å². The standard InChI is InChI=1S/C27H37NO4Si/c1-8-27(32-25(29)21-13-15-24(16-14-21)28(30)31)18-17-22(26(2,3)4)20-23(27)12-10-9-11-19-33(5,6)7/h1,13-16,22-23H,9-10,12,17-18,20H2,2-7H3/t22-,23-,27-/m0/s1. The first-order valence-electron chi connectivity index (χ1n) is 11.7. The average molecular weight is 468 g/mol. The molecule has 0 heterocycles. The number of rotatable bonds is 6. The zero-order chi connectivity index (χ0) is 24.9. The topological polar surface area (TPSA) is 69.4 Å². The van der Waals surface area contributed by atoms with Crippen molar-refractivity contribution < 1.29 is 14.5 Å². The maximum Gasteiger partial charge on any atom is 0.339 e. The van der Waals surface area contributed by atoms with Gasteiger partial charge in [-0.3, -0.25) is 10.1 Å². The molecule has 0 bridgehead atoms. The molecular formula is C27H37NO4Si. The van der Waals surface area contributed by atoms with E-state index in [-0.39, 0.29) is 22.6 Å². The number of unbranched alkanes of at least 4 members (excludes halogenated alkanes) is 1. The molecule has 1 aromatic carbocycles. The molecule has 0 aromatic heterocycles. The molecule has 6 heteroatoms. The Bertz CT molecular complexity index is 954. The molecule has 1 aliphatic carbocycles. The van der Waals surface area contributed by atoms with Crippen LogP contribution in [-0.2, 0) is 4.74 Å². The summed E-state index contributed by atoms with van der Waals surface area (Å²) in [6.07, 6.45) is 11.0. The molecule has 0 unspecified atom stereocenters. The molecule has 0 N–H and O–H groups in total. The maximum absolute atomic E-state index is 13.0. The highest BCUT2D eigenvalue weighted by Gasteiger charge is 2.47. The molecule has 1 saturated carbocycles. The van der Waals surface area contributed by atoms with E-state index >= 15 is 0 Å². The summed E-state index contributed by atoms with van der Waals surface area (Å²) in [4.78, 5) is 23.4. The fraction of sp³-hybridized carbons (Fsp3) is 0.593. The molecule has 1 aliphatic rings. The molecule has 178 valence electrons. The van der Waals surface area contributed by atoms with Gasteiger partial charge < -0.3 is 4.74 Å². The van der Waals surface area contributed by atoms with Crippen LogP contribution < -0.4 is 0 Å². The smallest absolute Gasteiger partial charge is 0.339 e. The van der Waals surface area contributed by atoms with Gasteiger partial charge in [0.25, 0.3) is 5.69 Å². The number of hydrogen-bond donors (Lipinski definition) is 0. The van der Waals surface area contributed by atoms with Crippen LogP contribution in [0.4, 0.5) is 5.69 Å². The number of terminal acetylenes is 1. The predicted octanol–water partition coefficient (Wildman–Crippen LogP) is 6.64. The third-order valence-corrected chi connectivity index (χ3v) is 7.39. The summed E-state index contributed by atoms with van der Waals surface area (Å²) in [7, 11) is -1.39. The molecule has 33 heavy (non-hydrogen) atoms. The number of carbonyl (C=O) groups is 1. The Kier molecular flexibility index (Phi) is 8.55. The van der Waals surface area contributed by atoms with Gasteiger partial charge in [-0.25, -0.2) is 4.79 Å². The number of nitro benzene ring substituents is 1. The van der Waals surface area contributed by atoms with E-state index in [0.717, 1.165) is 32.1 Å². The Morgan fingerprint density at radius 1 is 1.27 bits per heavy atom. The van der Waals surface area contributed by atoms with E-state index < -0.39 is 24.6 Å². The van der Waals surface area contributed by atoms with Crippen LogP contribution in [0.1, 0.15) is 69.7 Å². The first-order chi connectivity index (χ1) is 15.3. The molecule has 1 fully saturated rings. The fourth-order valence-electron chi connectivity index (χ4n) is 4.44. The minimum absolute atomic E-state index is 0.0520. The average Bonchev–Trinajstić information content (AvgIpc) is 2.72. The maximum atomic E-state index is 13.0. The van der Waals surface area contributed by atoms with Crippen molar-refractivity contribution in [2.75, 3.05) is 0 Å². The van der Waals surface area contributed by atoms with Gasteiger partial charge in [0.2, 0.25) is 0 Å². The van der Waals surface area contributed by atoms with Crippen molar-refractivity contribution in [2.45, 2.75) is 84.5 Å². The summed E-state index contributed by atoms with van der Waals surface area (Å²) in [5.74, 6) is 6.20. The molecule has 0 amide bonds. The monoisotopic (exact) mass is 467 g/mol. The van der Waals surface area contributed by atoms with Crippen molar-refractivity contribution in [3.8, 4) is 23.8 Å². The second kappa shape index (κ2) is 10.6. The summed E-state index contributed by atoms with van der Waals surface area (Å²) < 4.78 is 6.03. The molecule has 3 atom stereocenters. The van der Waals surface area contributed by atoms with Gasteiger partial charge in [-0.2, -0.15) is 0 Å². The highest BCUT2D eigenvalue weighted by Crippen LogP contribution is 2.48. The van der Waals surface area contributed by atoms with Gasteiger partial charge in [0.15, 0.2) is 5.60 Å². The Morgan fingerprint density at radius 2 is 1.91 bits per heavy atom. The number of non-ortho nitro benzene ring substituents is 1. The second-order valence-corrected chi connectivity index (χ2v) is 16.0. The highest BCUT2D eigenvalue weighted by molar-refractivity contribution is 6.83. The van der Waals surface area contributed by atoms with Crippen molar-refractivity contribution in [3.63, 3.8) is 0 Å². The fourth-order valence-corrected chi connectivity index (χ4v) is 5.10. The quantitative estimate of drug-likeness (QED) is 0.117. The van der Waals surface area contributed by atoms with Crippen molar-refractivity contribution in [2.24, 2.45) is 17.3 Å². The third-order valence-electron chi connectivity index (χ3n) is 6.47. The summed E-state index contributed by atoms with van der Waals surface area (Å²) in [5.41, 5.74) is 2.80. The lowest BCUT2D eigenvalue weighted by molar-refractivity contribution is -0.384. The zero-order valence-corrected chi connectivity index (χ0v) is 21.9. The lowest BCUT2D eigenvalue weighted by atomic mass is 9.62. The number of benzene rings is 1. The van der Waals surface area contributed by atoms with Gasteiger partial charge in [0, 0.05) is 24.5 Å².